The molecule has 0 saturated heterocycles. The van der Waals surface area contributed by atoms with Gasteiger partial charge in [-0.3, -0.25) is 30.2 Å². The Kier molecular flexibility index (Phi) is 12.6. The molecule has 0 aliphatic rings. The number of phenolic OH excluding ortho intramolecular Hbond substituents is 2. The van der Waals surface area contributed by atoms with Crippen LogP contribution in [0.3, 0.4) is 0 Å². The quantitative estimate of drug-likeness (QED) is 0.0588. The SMILES string of the molecule is O=[N+]([O-])c1ccc(NC(c2ccccc2)c2ccc3cccnc3c2O)cc1.O=[N+]([O-])c1ccc(NC(c2ccccc2)c2ccc3cccnc3c2O)cc1.[Cd]. The van der Waals surface area contributed by atoms with Crippen LogP contribution in [0.1, 0.15) is 34.3 Å². The van der Waals surface area contributed by atoms with E-state index in [2.05, 4.69) is 20.6 Å². The molecule has 2 unspecified atom stereocenters. The zero-order chi connectivity index (χ0) is 39.0. The third-order valence-corrected chi connectivity index (χ3v) is 9.22. The number of phenols is 2. The van der Waals surface area contributed by atoms with Gasteiger partial charge in [-0.05, 0) is 47.5 Å². The largest absolute Gasteiger partial charge is 0.505 e. The smallest absolute Gasteiger partial charge is 0.269 e. The molecule has 0 aliphatic carbocycles. The molecule has 278 valence electrons. The summed E-state index contributed by atoms with van der Waals surface area (Å²) in [6, 6.07) is 46.2. The third kappa shape index (κ3) is 9.14. The molecule has 2 heterocycles. The average molecular weight is 855 g/mol. The van der Waals surface area contributed by atoms with Gasteiger partial charge in [0.25, 0.3) is 11.4 Å². The van der Waals surface area contributed by atoms with Crippen LogP contribution in [0.2, 0.25) is 0 Å². The second-order valence-electron chi connectivity index (χ2n) is 12.7. The molecule has 0 bridgehead atoms. The topological polar surface area (TPSA) is 177 Å². The minimum Gasteiger partial charge on any atom is -0.505 e. The van der Waals surface area contributed by atoms with E-state index in [4.69, 9.17) is 0 Å². The average Bonchev–Trinajstić information content (AvgIpc) is 3.24. The molecule has 2 aromatic heterocycles. The number of aromatic hydroxyl groups is 2. The molecule has 13 heteroatoms. The Balaban J connectivity index is 0.000000189. The summed E-state index contributed by atoms with van der Waals surface area (Å²) in [4.78, 5) is 29.5. The van der Waals surface area contributed by atoms with Crippen molar-refractivity contribution < 1.29 is 47.4 Å². The van der Waals surface area contributed by atoms with E-state index < -0.39 is 9.85 Å². The molecule has 0 radical (unpaired) electrons. The van der Waals surface area contributed by atoms with Gasteiger partial charge in [-0.25, -0.2) is 0 Å². The second kappa shape index (κ2) is 18.1. The maximum Gasteiger partial charge on any atom is 0.269 e. The molecule has 2 atom stereocenters. The number of nitro groups is 2. The number of benzene rings is 6. The molecule has 12 nitrogen and oxygen atoms in total. The minimum atomic E-state index is -0.431. The van der Waals surface area contributed by atoms with Crippen LogP contribution in [-0.4, -0.2) is 30.0 Å². The van der Waals surface area contributed by atoms with Gasteiger partial charge < -0.3 is 20.8 Å². The van der Waals surface area contributed by atoms with E-state index in [1.165, 1.54) is 24.3 Å². The van der Waals surface area contributed by atoms with Crippen LogP contribution in [0.15, 0.2) is 170 Å². The maximum absolute atomic E-state index is 10.9. The molecule has 0 aliphatic heterocycles. The van der Waals surface area contributed by atoms with Gasteiger partial charge in [0, 0.05) is 97.2 Å². The number of non-ortho nitro benzene ring substituents is 2. The predicted molar refractivity (Wildman–Crippen MR) is 217 cm³/mol. The molecule has 0 fully saturated rings. The molecular weight excluding hydrogens is 821 g/mol. The molecule has 57 heavy (non-hydrogen) atoms. The van der Waals surface area contributed by atoms with Gasteiger partial charge in [0.15, 0.2) is 0 Å². The van der Waals surface area contributed by atoms with E-state index in [-0.39, 0.29) is 62.3 Å². The van der Waals surface area contributed by atoms with Crippen LogP contribution in [-0.2, 0) is 27.3 Å². The minimum absolute atomic E-state index is 0. The maximum atomic E-state index is 10.9. The molecule has 0 saturated carbocycles. The van der Waals surface area contributed by atoms with Gasteiger partial charge in [-0.1, -0.05) is 97.1 Å². The van der Waals surface area contributed by atoms with Crippen molar-refractivity contribution in [2.75, 3.05) is 10.6 Å². The predicted octanol–water partition coefficient (Wildman–Crippen LogP) is 10.1. The van der Waals surface area contributed by atoms with Gasteiger partial charge in [0.05, 0.1) is 21.9 Å². The van der Waals surface area contributed by atoms with Gasteiger partial charge in [0.2, 0.25) is 0 Å². The van der Waals surface area contributed by atoms with Crippen molar-refractivity contribution in [3.05, 3.63) is 213 Å². The third-order valence-electron chi connectivity index (χ3n) is 9.22. The first-order valence-electron chi connectivity index (χ1n) is 17.5. The van der Waals surface area contributed by atoms with E-state index in [1.54, 1.807) is 36.7 Å². The van der Waals surface area contributed by atoms with Crippen LogP contribution in [0.5, 0.6) is 11.5 Å². The van der Waals surface area contributed by atoms with E-state index in [9.17, 15) is 30.4 Å². The summed E-state index contributed by atoms with van der Waals surface area (Å²) in [6.45, 7) is 0. The van der Waals surface area contributed by atoms with E-state index >= 15 is 0 Å². The van der Waals surface area contributed by atoms with Crippen LogP contribution in [0, 0.1) is 20.2 Å². The second-order valence-corrected chi connectivity index (χ2v) is 12.7. The van der Waals surface area contributed by atoms with E-state index in [0.717, 1.165) is 21.9 Å². The monoisotopic (exact) mass is 856 g/mol. The van der Waals surface area contributed by atoms with Gasteiger partial charge in [-0.15, -0.1) is 0 Å². The summed E-state index contributed by atoms with van der Waals surface area (Å²) in [5.74, 6) is 0.225. The zero-order valence-electron chi connectivity index (χ0n) is 30.3. The number of nitrogens with zero attached hydrogens (tertiary/aromatic N) is 4. The number of fused-ring (bicyclic) bond motifs is 2. The Morgan fingerprint density at radius 2 is 0.842 bits per heavy atom. The van der Waals surface area contributed by atoms with Gasteiger partial charge >= 0.3 is 0 Å². The summed E-state index contributed by atoms with van der Waals surface area (Å²) in [5.41, 5.74) is 5.79. The van der Waals surface area contributed by atoms with Gasteiger partial charge in [0.1, 0.15) is 22.5 Å². The molecule has 8 aromatic rings. The Morgan fingerprint density at radius 1 is 0.474 bits per heavy atom. The zero-order valence-corrected chi connectivity index (χ0v) is 34.4. The van der Waals surface area contributed by atoms with Crippen molar-refractivity contribution in [1.29, 1.82) is 0 Å². The first kappa shape index (κ1) is 39.7. The fraction of sp³-hybridized carbons (Fsp3) is 0.0455. The van der Waals surface area contributed by atoms with Crippen molar-refractivity contribution in [2.24, 2.45) is 0 Å². The number of pyridine rings is 2. The molecular formula is C44H34CdN6O6. The normalized spacial score (nSPS) is 11.6. The van der Waals surface area contributed by atoms with Crippen molar-refractivity contribution in [1.82, 2.24) is 9.97 Å². The first-order valence-corrected chi connectivity index (χ1v) is 17.5. The number of rotatable bonds is 10. The number of nitro benzene ring substituents is 2. The summed E-state index contributed by atoms with van der Waals surface area (Å²) in [7, 11) is 0. The Labute approximate surface area is 347 Å². The summed E-state index contributed by atoms with van der Waals surface area (Å²) >= 11 is 0. The number of hydrogen-bond acceptors (Lipinski definition) is 10. The summed E-state index contributed by atoms with van der Waals surface area (Å²) in [5, 5.41) is 52.0. The fourth-order valence-electron chi connectivity index (χ4n) is 6.42. The molecule has 0 amide bonds. The fourth-order valence-corrected chi connectivity index (χ4v) is 6.42. The molecule has 4 N–H and O–H groups in total. The Bertz CT molecular complexity index is 2450. The van der Waals surface area contributed by atoms with Crippen molar-refractivity contribution >= 4 is 44.6 Å². The van der Waals surface area contributed by atoms with Crippen LogP contribution < -0.4 is 10.6 Å². The number of hydrogen-bond donors (Lipinski definition) is 4. The van der Waals surface area contributed by atoms with Crippen molar-refractivity contribution in [2.45, 2.75) is 12.1 Å². The summed E-state index contributed by atoms with van der Waals surface area (Å²) in [6.07, 6.45) is 3.29. The van der Waals surface area contributed by atoms with Crippen LogP contribution >= 0.6 is 0 Å². The molecule has 8 rings (SSSR count). The summed E-state index contributed by atoms with van der Waals surface area (Å²) < 4.78 is 0. The number of nitrogens with one attached hydrogen (secondary N) is 2. The van der Waals surface area contributed by atoms with Crippen molar-refractivity contribution in [3.8, 4) is 11.5 Å². The molecule has 0 spiro atoms. The van der Waals surface area contributed by atoms with Crippen LogP contribution in [0.4, 0.5) is 22.7 Å². The number of anilines is 2. The Hall–Kier alpha value is -6.94. The first-order chi connectivity index (χ1) is 27.3. The van der Waals surface area contributed by atoms with E-state index in [0.29, 0.717) is 33.5 Å². The van der Waals surface area contributed by atoms with Crippen molar-refractivity contribution in [3.63, 3.8) is 0 Å². The molecule has 6 aromatic carbocycles. The van der Waals surface area contributed by atoms with Gasteiger partial charge in [-0.2, -0.15) is 0 Å². The number of aromatic nitrogens is 2. The standard InChI is InChI=1S/2C22H17N3O3.Cd/c2*26-22-19(13-8-16-7-4-14-23-21(16)22)20(15-5-2-1-3-6-15)24-17-9-11-18(12-10-17)25(27)28;/h2*1-14,20,24,26H;. The van der Waals surface area contributed by atoms with Crippen LogP contribution in [0.25, 0.3) is 21.8 Å². The Morgan fingerprint density at radius 3 is 1.19 bits per heavy atom. The van der Waals surface area contributed by atoms with E-state index in [1.807, 2.05) is 109 Å².